The van der Waals surface area contributed by atoms with Gasteiger partial charge in [-0.2, -0.15) is 0 Å². The molecule has 0 bridgehead atoms. The van der Waals surface area contributed by atoms with Crippen molar-refractivity contribution in [3.8, 4) is 0 Å². The Hall–Kier alpha value is -2.52. The summed E-state index contributed by atoms with van der Waals surface area (Å²) in [5.41, 5.74) is 7.07. The lowest BCUT2D eigenvalue weighted by atomic mass is 10.1. The minimum absolute atomic E-state index is 0.0994. The molecule has 0 spiro atoms. The average Bonchev–Trinajstić information content (AvgIpc) is 2.97. The maximum Gasteiger partial charge on any atom is 0.348 e. The largest absolute Gasteiger partial charge is 0.462 e. The summed E-state index contributed by atoms with van der Waals surface area (Å²) in [6, 6.07) is 7.24. The number of nitrogens with one attached hydrogen (secondary N) is 1. The molecule has 0 aliphatic heterocycles. The van der Waals surface area contributed by atoms with Gasteiger partial charge in [-0.1, -0.05) is 12.1 Å². The fraction of sp³-hybridized carbons (Fsp3) is 0.316. The lowest BCUT2D eigenvalue weighted by molar-refractivity contribution is -0.113. The quantitative estimate of drug-likeness (QED) is 0.379. The van der Waals surface area contributed by atoms with Gasteiger partial charge in [0, 0.05) is 10.6 Å². The molecular formula is C19H22N2O5S2. The molecular weight excluding hydrogens is 400 g/mol. The van der Waals surface area contributed by atoms with Crippen molar-refractivity contribution in [3.63, 3.8) is 0 Å². The molecule has 0 fully saturated rings. The second-order valence-corrected chi connectivity index (χ2v) is 7.61. The zero-order valence-corrected chi connectivity index (χ0v) is 17.5. The second kappa shape index (κ2) is 10.1. The van der Waals surface area contributed by atoms with Crippen molar-refractivity contribution in [2.45, 2.75) is 25.7 Å². The minimum Gasteiger partial charge on any atom is -0.462 e. The number of ether oxygens (including phenoxy) is 2. The highest BCUT2D eigenvalue weighted by molar-refractivity contribution is 8.00. The van der Waals surface area contributed by atoms with Gasteiger partial charge in [-0.05, 0) is 38.5 Å². The van der Waals surface area contributed by atoms with E-state index >= 15 is 0 Å². The zero-order valence-electron chi connectivity index (χ0n) is 15.9. The van der Waals surface area contributed by atoms with Crippen LogP contribution in [0.15, 0.2) is 29.2 Å². The Morgan fingerprint density at radius 2 is 1.75 bits per heavy atom. The molecule has 28 heavy (non-hydrogen) atoms. The van der Waals surface area contributed by atoms with Gasteiger partial charge < -0.3 is 20.5 Å². The van der Waals surface area contributed by atoms with E-state index in [4.69, 9.17) is 15.2 Å². The van der Waals surface area contributed by atoms with Gasteiger partial charge in [-0.3, -0.25) is 4.79 Å². The van der Waals surface area contributed by atoms with Crippen LogP contribution in [0.1, 0.15) is 39.4 Å². The summed E-state index contributed by atoms with van der Waals surface area (Å²) in [4.78, 5) is 38.0. The highest BCUT2D eigenvalue weighted by Gasteiger charge is 2.27. The van der Waals surface area contributed by atoms with Crippen molar-refractivity contribution in [3.05, 3.63) is 40.3 Å². The molecule has 0 radical (unpaired) electrons. The molecule has 150 valence electrons. The molecule has 0 aliphatic rings. The normalized spacial score (nSPS) is 10.4. The van der Waals surface area contributed by atoms with Crippen LogP contribution in [0, 0.1) is 6.92 Å². The summed E-state index contributed by atoms with van der Waals surface area (Å²) in [5, 5.41) is 2.98. The number of nitrogen functional groups attached to an aromatic ring is 1. The molecule has 1 aromatic heterocycles. The van der Waals surface area contributed by atoms with Gasteiger partial charge in [0.05, 0.1) is 24.5 Å². The molecule has 0 saturated carbocycles. The van der Waals surface area contributed by atoms with Crippen molar-refractivity contribution in [2.75, 3.05) is 30.0 Å². The van der Waals surface area contributed by atoms with Crippen LogP contribution in [0.4, 0.5) is 10.7 Å². The molecule has 2 rings (SSSR count). The average molecular weight is 423 g/mol. The molecule has 0 saturated heterocycles. The van der Waals surface area contributed by atoms with E-state index in [9.17, 15) is 14.4 Å². The number of benzene rings is 1. The number of para-hydroxylation sites is 1. The Labute approximate surface area is 171 Å². The van der Waals surface area contributed by atoms with Crippen molar-refractivity contribution >= 4 is 51.6 Å². The number of anilines is 2. The summed E-state index contributed by atoms with van der Waals surface area (Å²) < 4.78 is 10.1. The monoisotopic (exact) mass is 422 g/mol. The van der Waals surface area contributed by atoms with Crippen molar-refractivity contribution < 1.29 is 23.9 Å². The Balaban J connectivity index is 2.21. The molecule has 0 aliphatic carbocycles. The fourth-order valence-corrected chi connectivity index (χ4v) is 4.23. The predicted molar refractivity (Wildman–Crippen MR) is 111 cm³/mol. The van der Waals surface area contributed by atoms with Gasteiger partial charge in [0.1, 0.15) is 9.88 Å². The van der Waals surface area contributed by atoms with Crippen LogP contribution in [0.3, 0.4) is 0 Å². The van der Waals surface area contributed by atoms with E-state index in [0.29, 0.717) is 11.3 Å². The summed E-state index contributed by atoms with van der Waals surface area (Å²) >= 11 is 2.28. The first-order valence-corrected chi connectivity index (χ1v) is 10.4. The molecule has 1 aromatic carbocycles. The van der Waals surface area contributed by atoms with Gasteiger partial charge in [0.25, 0.3) is 0 Å². The fourth-order valence-electron chi connectivity index (χ4n) is 2.36. The highest BCUT2D eigenvalue weighted by Crippen LogP contribution is 2.34. The molecule has 0 atom stereocenters. The van der Waals surface area contributed by atoms with Gasteiger partial charge in [0.15, 0.2) is 0 Å². The van der Waals surface area contributed by atoms with Gasteiger partial charge >= 0.3 is 11.9 Å². The van der Waals surface area contributed by atoms with Crippen LogP contribution in [0.2, 0.25) is 0 Å². The number of thiophene rings is 1. The summed E-state index contributed by atoms with van der Waals surface area (Å²) in [5.74, 6) is -1.36. The van der Waals surface area contributed by atoms with E-state index in [1.807, 2.05) is 18.2 Å². The van der Waals surface area contributed by atoms with E-state index in [1.54, 1.807) is 26.8 Å². The van der Waals surface area contributed by atoms with Crippen LogP contribution in [-0.4, -0.2) is 36.8 Å². The highest BCUT2D eigenvalue weighted by atomic mass is 32.2. The maximum absolute atomic E-state index is 12.4. The number of nitrogens with two attached hydrogens (primary N) is 1. The molecule has 7 nitrogen and oxygen atoms in total. The number of carbonyl (C=O) groups excluding carboxylic acids is 3. The second-order valence-electron chi connectivity index (χ2n) is 5.58. The topological polar surface area (TPSA) is 108 Å². The predicted octanol–water partition coefficient (Wildman–Crippen LogP) is 3.72. The number of amides is 1. The number of thioether (sulfide) groups is 1. The smallest absolute Gasteiger partial charge is 0.348 e. The SMILES string of the molecule is CCOC(=O)c1sc(NC(=O)CSc2ccccc2N)c(C(=O)OCC)c1C. The first kappa shape index (κ1) is 21.8. The van der Waals surface area contributed by atoms with Gasteiger partial charge in [-0.15, -0.1) is 23.1 Å². The molecule has 2 aromatic rings. The van der Waals surface area contributed by atoms with Crippen LogP contribution in [-0.2, 0) is 14.3 Å². The van der Waals surface area contributed by atoms with E-state index < -0.39 is 11.9 Å². The van der Waals surface area contributed by atoms with E-state index in [0.717, 1.165) is 16.2 Å². The van der Waals surface area contributed by atoms with Crippen LogP contribution < -0.4 is 11.1 Å². The third-order valence-corrected chi connectivity index (χ3v) is 5.89. The summed E-state index contributed by atoms with van der Waals surface area (Å²) in [7, 11) is 0. The van der Waals surface area contributed by atoms with Crippen molar-refractivity contribution in [2.24, 2.45) is 0 Å². The third-order valence-electron chi connectivity index (χ3n) is 3.62. The lowest BCUT2D eigenvalue weighted by Gasteiger charge is -2.08. The first-order chi connectivity index (χ1) is 13.4. The number of rotatable bonds is 8. The molecule has 1 amide bonds. The standard InChI is InChI=1S/C19H22N2O5S2/c1-4-25-18(23)15-11(3)16(19(24)26-5-2)28-17(15)21-14(22)10-27-13-9-7-6-8-12(13)20/h6-9H,4-5,10,20H2,1-3H3,(H,21,22). The van der Waals surface area contributed by atoms with E-state index in [2.05, 4.69) is 5.32 Å². The molecule has 0 unspecified atom stereocenters. The van der Waals surface area contributed by atoms with Crippen molar-refractivity contribution in [1.29, 1.82) is 0 Å². The number of esters is 2. The zero-order chi connectivity index (χ0) is 20.7. The van der Waals surface area contributed by atoms with Gasteiger partial charge in [-0.25, -0.2) is 9.59 Å². The Bertz CT molecular complexity index is 879. The summed E-state index contributed by atoms with van der Waals surface area (Å²) in [6.07, 6.45) is 0. The number of hydrogen-bond donors (Lipinski definition) is 2. The summed E-state index contributed by atoms with van der Waals surface area (Å²) in [6.45, 7) is 5.40. The lowest BCUT2D eigenvalue weighted by Crippen LogP contribution is -2.16. The van der Waals surface area contributed by atoms with E-state index in [-0.39, 0.29) is 40.3 Å². The van der Waals surface area contributed by atoms with Crippen LogP contribution in [0.5, 0.6) is 0 Å². The molecule has 3 N–H and O–H groups in total. The first-order valence-electron chi connectivity index (χ1n) is 8.63. The minimum atomic E-state index is -0.595. The van der Waals surface area contributed by atoms with Crippen LogP contribution in [0.25, 0.3) is 0 Å². The number of hydrogen-bond acceptors (Lipinski definition) is 8. The van der Waals surface area contributed by atoms with E-state index in [1.165, 1.54) is 11.8 Å². The molecule has 9 heteroatoms. The number of carbonyl (C=O) groups is 3. The maximum atomic E-state index is 12.4. The Morgan fingerprint density at radius 1 is 1.11 bits per heavy atom. The Morgan fingerprint density at radius 3 is 2.39 bits per heavy atom. The Kier molecular flexibility index (Phi) is 7.89. The third kappa shape index (κ3) is 5.26. The van der Waals surface area contributed by atoms with Crippen molar-refractivity contribution in [1.82, 2.24) is 0 Å². The van der Waals surface area contributed by atoms with Crippen LogP contribution >= 0.6 is 23.1 Å². The molecule has 1 heterocycles. The van der Waals surface area contributed by atoms with Gasteiger partial charge in [0.2, 0.25) is 5.91 Å².